The van der Waals surface area contributed by atoms with Gasteiger partial charge in [-0.1, -0.05) is 13.0 Å². The zero-order valence-corrected chi connectivity index (χ0v) is 14.2. The monoisotopic (exact) mass is 332 g/mol. The van der Waals surface area contributed by atoms with Crippen molar-refractivity contribution in [2.45, 2.75) is 39.5 Å². The van der Waals surface area contributed by atoms with Crippen LogP contribution in [-0.2, 0) is 9.59 Å². The number of piperidine rings is 1. The molecule has 1 fully saturated rings. The van der Waals surface area contributed by atoms with Crippen LogP contribution in [0.25, 0.3) is 0 Å². The largest absolute Gasteiger partial charge is 0.478 e. The van der Waals surface area contributed by atoms with E-state index in [2.05, 4.69) is 5.32 Å². The highest BCUT2D eigenvalue weighted by atomic mass is 16.4. The zero-order chi connectivity index (χ0) is 17.7. The van der Waals surface area contributed by atoms with Gasteiger partial charge >= 0.3 is 5.97 Å². The molecule has 2 rings (SSSR count). The number of carbonyl (C=O) groups excluding carboxylic acids is 2. The summed E-state index contributed by atoms with van der Waals surface area (Å²) in [5.74, 6) is -1.34. The number of carboxylic acid groups (broad SMARTS) is 1. The predicted octanol–water partition coefficient (Wildman–Crippen LogP) is 2.67. The molecule has 0 bridgehead atoms. The van der Waals surface area contributed by atoms with Crippen LogP contribution in [0.1, 0.15) is 48.5 Å². The van der Waals surface area contributed by atoms with E-state index in [1.165, 1.54) is 6.07 Å². The topological polar surface area (TPSA) is 86.7 Å². The number of hydrogen-bond donors (Lipinski definition) is 2. The van der Waals surface area contributed by atoms with Crippen molar-refractivity contribution in [3.8, 4) is 0 Å². The minimum atomic E-state index is -1.02. The summed E-state index contributed by atoms with van der Waals surface area (Å²) in [4.78, 5) is 37.4. The summed E-state index contributed by atoms with van der Waals surface area (Å²) >= 11 is 0. The molecule has 6 heteroatoms. The number of nitrogens with zero attached hydrogens (tertiary/aromatic N) is 1. The average Bonchev–Trinajstić information content (AvgIpc) is 2.56. The Hall–Kier alpha value is -2.37. The second-order valence-corrected chi connectivity index (χ2v) is 6.25. The van der Waals surface area contributed by atoms with Crippen molar-refractivity contribution in [1.29, 1.82) is 0 Å². The summed E-state index contributed by atoms with van der Waals surface area (Å²) in [7, 11) is 0. The third-order valence-corrected chi connectivity index (χ3v) is 4.34. The maximum Gasteiger partial charge on any atom is 0.336 e. The van der Waals surface area contributed by atoms with Gasteiger partial charge in [0.2, 0.25) is 11.8 Å². The molecule has 0 aromatic heterocycles. The average molecular weight is 332 g/mol. The lowest BCUT2D eigenvalue weighted by atomic mass is 9.96. The number of carbonyl (C=O) groups is 3. The molecule has 0 aliphatic carbocycles. The molecule has 1 aromatic carbocycles. The second-order valence-electron chi connectivity index (χ2n) is 6.25. The first kappa shape index (κ1) is 18.0. The first-order valence-corrected chi connectivity index (χ1v) is 8.35. The molecule has 24 heavy (non-hydrogen) atoms. The van der Waals surface area contributed by atoms with Crippen molar-refractivity contribution in [1.82, 2.24) is 4.90 Å². The Kier molecular flexibility index (Phi) is 5.95. The number of likely N-dealkylation sites (tertiary alicyclic amines) is 1. The van der Waals surface area contributed by atoms with Gasteiger partial charge in [0.15, 0.2) is 0 Å². The fourth-order valence-electron chi connectivity index (χ4n) is 2.96. The van der Waals surface area contributed by atoms with E-state index in [1.807, 2.05) is 6.92 Å². The maximum absolute atomic E-state index is 12.5. The van der Waals surface area contributed by atoms with Crippen LogP contribution < -0.4 is 5.32 Å². The Morgan fingerprint density at radius 1 is 1.33 bits per heavy atom. The highest BCUT2D eigenvalue weighted by Gasteiger charge is 2.28. The van der Waals surface area contributed by atoms with Gasteiger partial charge in [0.1, 0.15) is 0 Å². The molecule has 2 N–H and O–H groups in total. The van der Waals surface area contributed by atoms with Gasteiger partial charge < -0.3 is 15.3 Å². The van der Waals surface area contributed by atoms with Crippen molar-refractivity contribution < 1.29 is 19.5 Å². The Labute approximate surface area is 141 Å². The van der Waals surface area contributed by atoms with Crippen LogP contribution in [-0.4, -0.2) is 40.9 Å². The van der Waals surface area contributed by atoms with E-state index >= 15 is 0 Å². The number of rotatable bonds is 5. The van der Waals surface area contributed by atoms with E-state index in [1.54, 1.807) is 24.0 Å². The fraction of sp³-hybridized carbons (Fsp3) is 0.500. The molecule has 1 aromatic rings. The predicted molar refractivity (Wildman–Crippen MR) is 91.0 cm³/mol. The first-order valence-electron chi connectivity index (χ1n) is 8.35. The van der Waals surface area contributed by atoms with Gasteiger partial charge in [-0.05, 0) is 43.9 Å². The smallest absolute Gasteiger partial charge is 0.336 e. The minimum Gasteiger partial charge on any atom is -0.478 e. The number of nitrogens with one attached hydrogen (secondary N) is 1. The van der Waals surface area contributed by atoms with E-state index in [0.717, 1.165) is 19.3 Å². The number of aryl methyl sites for hydroxylation is 1. The second kappa shape index (κ2) is 7.95. The van der Waals surface area contributed by atoms with Crippen LogP contribution in [0, 0.1) is 12.8 Å². The SMILES string of the molecule is CCCC(=O)N1CCCC(C(=O)Nc2ccc(C)c(C(=O)O)c2)C1. The molecule has 1 heterocycles. The molecular formula is C18H24N2O4. The highest BCUT2D eigenvalue weighted by Crippen LogP contribution is 2.21. The first-order chi connectivity index (χ1) is 11.4. The molecule has 130 valence electrons. The summed E-state index contributed by atoms with van der Waals surface area (Å²) < 4.78 is 0. The zero-order valence-electron chi connectivity index (χ0n) is 14.2. The molecule has 0 spiro atoms. The van der Waals surface area contributed by atoms with Gasteiger partial charge in [-0.25, -0.2) is 4.79 Å². The Bertz CT molecular complexity index is 642. The van der Waals surface area contributed by atoms with Crippen LogP contribution >= 0.6 is 0 Å². The molecular weight excluding hydrogens is 308 g/mol. The van der Waals surface area contributed by atoms with Crippen LogP contribution in [0.5, 0.6) is 0 Å². The van der Waals surface area contributed by atoms with Crippen LogP contribution in [0.2, 0.25) is 0 Å². The van der Waals surface area contributed by atoms with Crippen LogP contribution in [0.3, 0.4) is 0 Å². The standard InChI is InChI=1S/C18H24N2O4/c1-3-5-16(21)20-9-4-6-13(11-20)17(22)19-14-8-7-12(2)15(10-14)18(23)24/h7-8,10,13H,3-6,9,11H2,1-2H3,(H,19,22)(H,23,24). The summed E-state index contributed by atoms with van der Waals surface area (Å²) in [6.07, 6.45) is 2.85. The molecule has 1 atom stereocenters. The quantitative estimate of drug-likeness (QED) is 0.868. The number of hydrogen-bond acceptors (Lipinski definition) is 3. The van der Waals surface area contributed by atoms with Crippen molar-refractivity contribution in [2.24, 2.45) is 5.92 Å². The van der Waals surface area contributed by atoms with Crippen molar-refractivity contribution in [3.05, 3.63) is 29.3 Å². The molecule has 0 radical (unpaired) electrons. The third-order valence-electron chi connectivity index (χ3n) is 4.34. The van der Waals surface area contributed by atoms with E-state index in [4.69, 9.17) is 5.11 Å². The Morgan fingerprint density at radius 2 is 2.08 bits per heavy atom. The van der Waals surface area contributed by atoms with Gasteiger partial charge in [-0.15, -0.1) is 0 Å². The Morgan fingerprint density at radius 3 is 2.75 bits per heavy atom. The van der Waals surface area contributed by atoms with E-state index < -0.39 is 5.97 Å². The van der Waals surface area contributed by atoms with Crippen molar-refractivity contribution in [3.63, 3.8) is 0 Å². The highest BCUT2D eigenvalue weighted by molar-refractivity contribution is 5.96. The van der Waals surface area contributed by atoms with E-state index in [-0.39, 0.29) is 23.3 Å². The summed E-state index contributed by atoms with van der Waals surface area (Å²) in [6.45, 7) is 4.81. The molecule has 1 saturated heterocycles. The number of aromatic carboxylic acids is 1. The maximum atomic E-state index is 12.5. The van der Waals surface area contributed by atoms with E-state index in [9.17, 15) is 14.4 Å². The van der Waals surface area contributed by atoms with Gasteiger partial charge in [0, 0.05) is 25.2 Å². The lowest BCUT2D eigenvalue weighted by Gasteiger charge is -2.32. The molecule has 6 nitrogen and oxygen atoms in total. The van der Waals surface area contributed by atoms with Gasteiger partial charge in [0.25, 0.3) is 0 Å². The fourth-order valence-corrected chi connectivity index (χ4v) is 2.96. The summed E-state index contributed by atoms with van der Waals surface area (Å²) in [5, 5.41) is 11.9. The Balaban J connectivity index is 2.03. The molecule has 0 saturated carbocycles. The number of amides is 2. The normalized spacial score (nSPS) is 17.4. The minimum absolute atomic E-state index is 0.0958. The summed E-state index contributed by atoms with van der Waals surface area (Å²) in [5.41, 5.74) is 1.30. The van der Waals surface area contributed by atoms with Gasteiger partial charge in [-0.3, -0.25) is 9.59 Å². The van der Waals surface area contributed by atoms with Crippen molar-refractivity contribution >= 4 is 23.5 Å². The molecule has 1 aliphatic heterocycles. The lowest BCUT2D eigenvalue weighted by Crippen LogP contribution is -2.43. The van der Waals surface area contributed by atoms with Crippen LogP contribution in [0.4, 0.5) is 5.69 Å². The number of anilines is 1. The number of benzene rings is 1. The van der Waals surface area contributed by atoms with Gasteiger partial charge in [-0.2, -0.15) is 0 Å². The molecule has 1 unspecified atom stereocenters. The molecule has 1 aliphatic rings. The van der Waals surface area contributed by atoms with Gasteiger partial charge in [0.05, 0.1) is 11.5 Å². The van der Waals surface area contributed by atoms with Crippen LogP contribution in [0.15, 0.2) is 18.2 Å². The third kappa shape index (κ3) is 4.34. The van der Waals surface area contributed by atoms with Crippen molar-refractivity contribution in [2.75, 3.05) is 18.4 Å². The molecule has 2 amide bonds. The summed E-state index contributed by atoms with van der Waals surface area (Å²) in [6, 6.07) is 4.85. The lowest BCUT2D eigenvalue weighted by molar-refractivity contribution is -0.134. The number of carboxylic acids is 1. The van der Waals surface area contributed by atoms with E-state index in [0.29, 0.717) is 30.8 Å².